The highest BCUT2D eigenvalue weighted by Gasteiger charge is 2.36. The third kappa shape index (κ3) is 5.62. The monoisotopic (exact) mass is 485 g/mol. The lowest BCUT2D eigenvalue weighted by Gasteiger charge is -2.34. The van der Waals surface area contributed by atoms with Gasteiger partial charge in [0.05, 0.1) is 12.7 Å². The molecule has 1 heterocycles. The van der Waals surface area contributed by atoms with Gasteiger partial charge in [0.25, 0.3) is 5.91 Å². The van der Waals surface area contributed by atoms with Crippen LogP contribution in [0.2, 0.25) is 0 Å². The van der Waals surface area contributed by atoms with E-state index in [0.29, 0.717) is 11.3 Å². The number of esters is 1. The normalized spacial score (nSPS) is 14.5. The predicted octanol–water partition coefficient (Wildman–Crippen LogP) is 5.01. The lowest BCUT2D eigenvalue weighted by atomic mass is 9.93. The number of nitrogens with zero attached hydrogens (tertiary/aromatic N) is 2. The van der Waals surface area contributed by atoms with E-state index >= 15 is 0 Å². The molecule has 0 saturated heterocycles. The molecule has 2 aromatic carbocycles. The van der Waals surface area contributed by atoms with Crippen LogP contribution < -0.4 is 10.2 Å². The van der Waals surface area contributed by atoms with Crippen LogP contribution in [0.5, 0.6) is 0 Å². The number of pyridine rings is 1. The molecule has 0 aliphatic heterocycles. The molecule has 4 rings (SSSR count). The number of aryl methyl sites for hydroxylation is 1. The van der Waals surface area contributed by atoms with Crippen LogP contribution in [0.4, 0.5) is 5.69 Å². The molecule has 1 fully saturated rings. The van der Waals surface area contributed by atoms with E-state index in [-0.39, 0.29) is 23.2 Å². The van der Waals surface area contributed by atoms with Gasteiger partial charge in [0, 0.05) is 17.9 Å². The Morgan fingerprint density at radius 3 is 2.42 bits per heavy atom. The summed E-state index contributed by atoms with van der Waals surface area (Å²) in [5.74, 6) is -1.23. The standard InChI is InChI=1S/C29H31N3O4/c1-20-11-6-7-16-24(20)26(27(33)31-22-13-4-3-5-14-22)32(28(34)25-17-8-9-18-30-25)23-15-10-12-21(19-23)29(35)36-2/h6-12,15-19,22,26H,3-5,13-14H2,1-2H3,(H,31,33)/t26-/m1/s1. The Balaban J connectivity index is 1.85. The van der Waals surface area contributed by atoms with E-state index in [2.05, 4.69) is 10.3 Å². The number of anilines is 1. The van der Waals surface area contributed by atoms with E-state index in [9.17, 15) is 14.4 Å². The molecule has 0 unspecified atom stereocenters. The first-order valence-corrected chi connectivity index (χ1v) is 12.3. The molecular weight excluding hydrogens is 454 g/mol. The third-order valence-electron chi connectivity index (χ3n) is 6.59. The Morgan fingerprint density at radius 2 is 1.72 bits per heavy atom. The van der Waals surface area contributed by atoms with Gasteiger partial charge in [0.1, 0.15) is 11.7 Å². The van der Waals surface area contributed by atoms with E-state index in [1.54, 1.807) is 48.7 Å². The Hall–Kier alpha value is -4.00. The molecule has 1 N–H and O–H groups in total. The number of nitrogens with one attached hydrogen (secondary N) is 1. The summed E-state index contributed by atoms with van der Waals surface area (Å²) >= 11 is 0. The fourth-order valence-electron chi connectivity index (χ4n) is 4.72. The van der Waals surface area contributed by atoms with Crippen LogP contribution >= 0.6 is 0 Å². The molecule has 1 saturated carbocycles. The molecular formula is C29H31N3O4. The molecule has 0 bridgehead atoms. The molecule has 3 aromatic rings. The number of rotatable bonds is 7. The van der Waals surface area contributed by atoms with E-state index in [0.717, 1.165) is 37.7 Å². The molecule has 36 heavy (non-hydrogen) atoms. The Bertz CT molecular complexity index is 1220. The highest BCUT2D eigenvalue weighted by Crippen LogP contribution is 2.32. The average Bonchev–Trinajstić information content (AvgIpc) is 2.92. The quantitative estimate of drug-likeness (QED) is 0.475. The number of carbonyl (C=O) groups excluding carboxylic acids is 3. The summed E-state index contributed by atoms with van der Waals surface area (Å²) in [6, 6.07) is 18.3. The van der Waals surface area contributed by atoms with Gasteiger partial charge in [-0.1, -0.05) is 55.7 Å². The molecule has 1 aromatic heterocycles. The second-order valence-electron chi connectivity index (χ2n) is 9.03. The van der Waals surface area contributed by atoms with Crippen LogP contribution in [0.3, 0.4) is 0 Å². The van der Waals surface area contributed by atoms with E-state index < -0.39 is 17.9 Å². The number of carbonyl (C=O) groups is 3. The number of amides is 2. The second kappa shape index (κ2) is 11.6. The van der Waals surface area contributed by atoms with Crippen molar-refractivity contribution >= 4 is 23.5 Å². The second-order valence-corrected chi connectivity index (χ2v) is 9.03. The molecule has 7 nitrogen and oxygen atoms in total. The van der Waals surface area contributed by atoms with Crippen molar-refractivity contribution in [3.8, 4) is 0 Å². The van der Waals surface area contributed by atoms with E-state index in [1.807, 2.05) is 31.2 Å². The van der Waals surface area contributed by atoms with Crippen molar-refractivity contribution in [1.29, 1.82) is 0 Å². The smallest absolute Gasteiger partial charge is 0.337 e. The molecule has 1 aliphatic carbocycles. The highest BCUT2D eigenvalue weighted by molar-refractivity contribution is 6.09. The van der Waals surface area contributed by atoms with Gasteiger partial charge >= 0.3 is 5.97 Å². The fourth-order valence-corrected chi connectivity index (χ4v) is 4.72. The van der Waals surface area contributed by atoms with E-state index in [1.165, 1.54) is 12.0 Å². The number of methoxy groups -OCH3 is 1. The molecule has 7 heteroatoms. The van der Waals surface area contributed by atoms with Gasteiger partial charge in [0.2, 0.25) is 5.91 Å². The van der Waals surface area contributed by atoms with Gasteiger partial charge in [-0.3, -0.25) is 19.5 Å². The summed E-state index contributed by atoms with van der Waals surface area (Å²) in [6.07, 6.45) is 6.67. The average molecular weight is 486 g/mol. The third-order valence-corrected chi connectivity index (χ3v) is 6.59. The van der Waals surface area contributed by atoms with Crippen molar-refractivity contribution in [1.82, 2.24) is 10.3 Å². The van der Waals surface area contributed by atoms with E-state index in [4.69, 9.17) is 4.74 Å². The van der Waals surface area contributed by atoms with Crippen molar-refractivity contribution in [2.24, 2.45) is 0 Å². The van der Waals surface area contributed by atoms with Crippen LogP contribution in [0, 0.1) is 6.92 Å². The Kier molecular flexibility index (Phi) is 8.10. The fraction of sp³-hybridized carbons (Fsp3) is 0.310. The van der Waals surface area contributed by atoms with Gasteiger partial charge in [-0.15, -0.1) is 0 Å². The van der Waals surface area contributed by atoms with Gasteiger partial charge in [0.15, 0.2) is 0 Å². The van der Waals surface area contributed by atoms with Gasteiger partial charge < -0.3 is 10.1 Å². The highest BCUT2D eigenvalue weighted by atomic mass is 16.5. The molecule has 1 atom stereocenters. The number of hydrogen-bond donors (Lipinski definition) is 1. The van der Waals surface area contributed by atoms with Gasteiger partial charge in [-0.2, -0.15) is 0 Å². The van der Waals surface area contributed by atoms with Crippen molar-refractivity contribution in [2.45, 2.75) is 51.1 Å². The first kappa shape index (κ1) is 25.1. The molecule has 186 valence electrons. The van der Waals surface area contributed by atoms with Crippen molar-refractivity contribution in [2.75, 3.05) is 12.0 Å². The molecule has 1 aliphatic rings. The number of benzene rings is 2. The van der Waals surface area contributed by atoms with Crippen LogP contribution in [0.25, 0.3) is 0 Å². The predicted molar refractivity (Wildman–Crippen MR) is 138 cm³/mol. The number of hydrogen-bond acceptors (Lipinski definition) is 5. The summed E-state index contributed by atoms with van der Waals surface area (Å²) in [6.45, 7) is 1.92. The minimum atomic E-state index is -0.962. The van der Waals surface area contributed by atoms with Crippen LogP contribution in [-0.2, 0) is 9.53 Å². The van der Waals surface area contributed by atoms with Gasteiger partial charge in [-0.25, -0.2) is 4.79 Å². The maximum atomic E-state index is 14.0. The number of aromatic nitrogens is 1. The SMILES string of the molecule is COC(=O)c1cccc(N(C(=O)c2ccccn2)[C@@H](C(=O)NC2CCCCC2)c2ccccc2C)c1. The zero-order valence-corrected chi connectivity index (χ0v) is 20.6. The van der Waals surface area contributed by atoms with Gasteiger partial charge in [-0.05, 0) is 61.2 Å². The zero-order chi connectivity index (χ0) is 25.5. The molecule has 2 amide bonds. The molecule has 0 radical (unpaired) electrons. The zero-order valence-electron chi connectivity index (χ0n) is 20.6. The minimum absolute atomic E-state index is 0.0611. The lowest BCUT2D eigenvalue weighted by Crippen LogP contribution is -2.47. The molecule has 0 spiro atoms. The topological polar surface area (TPSA) is 88.6 Å². The van der Waals surface area contributed by atoms with Crippen molar-refractivity contribution in [3.05, 3.63) is 95.3 Å². The largest absolute Gasteiger partial charge is 0.465 e. The van der Waals surface area contributed by atoms with Crippen molar-refractivity contribution in [3.63, 3.8) is 0 Å². The summed E-state index contributed by atoms with van der Waals surface area (Å²) in [5.41, 5.74) is 2.47. The number of ether oxygens (including phenoxy) is 1. The minimum Gasteiger partial charge on any atom is -0.465 e. The van der Waals surface area contributed by atoms with Crippen LogP contribution in [0.15, 0.2) is 72.9 Å². The summed E-state index contributed by atoms with van der Waals surface area (Å²) in [7, 11) is 1.31. The Morgan fingerprint density at radius 1 is 0.972 bits per heavy atom. The first-order chi connectivity index (χ1) is 17.5. The van der Waals surface area contributed by atoms with Crippen LogP contribution in [0.1, 0.15) is 70.1 Å². The Labute approximate surface area is 211 Å². The summed E-state index contributed by atoms with van der Waals surface area (Å²) in [4.78, 5) is 46.0. The maximum Gasteiger partial charge on any atom is 0.337 e. The maximum absolute atomic E-state index is 14.0. The van der Waals surface area contributed by atoms with Crippen LogP contribution in [-0.4, -0.2) is 35.9 Å². The lowest BCUT2D eigenvalue weighted by molar-refractivity contribution is -0.123. The van der Waals surface area contributed by atoms with Crippen molar-refractivity contribution < 1.29 is 19.1 Å². The summed E-state index contributed by atoms with van der Waals surface area (Å²) < 4.78 is 4.89. The first-order valence-electron chi connectivity index (χ1n) is 12.3. The summed E-state index contributed by atoms with van der Waals surface area (Å²) in [5, 5.41) is 3.20.